The minimum atomic E-state index is -1.18. The number of piperidine rings is 1. The fourth-order valence-electron chi connectivity index (χ4n) is 5.03. The molecule has 0 radical (unpaired) electrons. The van der Waals surface area contributed by atoms with E-state index in [1.54, 1.807) is 36.3 Å². The Morgan fingerprint density at radius 3 is 2.36 bits per heavy atom. The van der Waals surface area contributed by atoms with Crippen molar-refractivity contribution in [2.45, 2.75) is 70.8 Å². The minimum absolute atomic E-state index is 0.00696. The summed E-state index contributed by atoms with van der Waals surface area (Å²) in [5.74, 6) is 0.628. The van der Waals surface area contributed by atoms with Crippen LogP contribution >= 0.6 is 0 Å². The second kappa shape index (κ2) is 10.7. The quantitative estimate of drug-likeness (QED) is 0.575. The number of aliphatic hydroxyl groups is 1. The summed E-state index contributed by atoms with van der Waals surface area (Å²) < 4.78 is 5.26. The van der Waals surface area contributed by atoms with Crippen molar-refractivity contribution in [2.75, 3.05) is 26.7 Å². The number of hydrogen-bond donors (Lipinski definition) is 1. The van der Waals surface area contributed by atoms with Gasteiger partial charge in [-0.1, -0.05) is 32.9 Å². The van der Waals surface area contributed by atoms with Crippen molar-refractivity contribution in [3.8, 4) is 5.75 Å². The van der Waals surface area contributed by atoms with Crippen molar-refractivity contribution in [3.63, 3.8) is 0 Å². The first-order valence-corrected chi connectivity index (χ1v) is 12.2. The van der Waals surface area contributed by atoms with E-state index < -0.39 is 5.41 Å². The average Bonchev–Trinajstić information content (AvgIpc) is 3.06. The lowest BCUT2D eigenvalue weighted by Crippen LogP contribution is -2.46. The summed E-state index contributed by atoms with van der Waals surface area (Å²) in [6, 6.07) is 7.14. The van der Waals surface area contributed by atoms with Crippen molar-refractivity contribution in [2.24, 2.45) is 11.8 Å². The molecule has 0 unspecified atom stereocenters. The van der Waals surface area contributed by atoms with E-state index in [0.717, 1.165) is 19.3 Å². The highest BCUT2D eigenvalue weighted by molar-refractivity contribution is 6.10. The number of methoxy groups -OCH3 is 1. The van der Waals surface area contributed by atoms with Crippen LogP contribution in [0.2, 0.25) is 0 Å². The van der Waals surface area contributed by atoms with Gasteiger partial charge in [-0.3, -0.25) is 19.3 Å². The van der Waals surface area contributed by atoms with Gasteiger partial charge in [0.05, 0.1) is 18.6 Å². The normalized spacial score (nSPS) is 22.8. The van der Waals surface area contributed by atoms with Gasteiger partial charge in [0.15, 0.2) is 0 Å². The molecular weight excluding hydrogens is 420 g/mol. The van der Waals surface area contributed by atoms with Crippen molar-refractivity contribution < 1.29 is 24.2 Å². The van der Waals surface area contributed by atoms with Crippen LogP contribution < -0.4 is 4.74 Å². The maximum atomic E-state index is 13.7. The van der Waals surface area contributed by atoms with Gasteiger partial charge in [-0.2, -0.15) is 0 Å². The molecule has 1 N–H and O–H groups in total. The molecule has 2 fully saturated rings. The standard InChI is InChI=1S/C26H38N2O5/c1-5-22(29)19-11-13-27(14-12-19)23(30)16-26(20-6-8-21(33-4)9-7-20)17-24(31)28(25(26)32)15-10-18(2)3/h6-9,18-19,22,29H,5,10-17H2,1-4H3/t22-,26+/m0/s1. The van der Waals surface area contributed by atoms with E-state index in [-0.39, 0.29) is 42.6 Å². The average molecular weight is 459 g/mol. The third kappa shape index (κ3) is 5.40. The summed E-state index contributed by atoms with van der Waals surface area (Å²) in [6.07, 6.45) is 2.60. The maximum absolute atomic E-state index is 13.7. The minimum Gasteiger partial charge on any atom is -0.497 e. The molecule has 0 saturated carbocycles. The Balaban J connectivity index is 1.83. The zero-order valence-corrected chi connectivity index (χ0v) is 20.4. The number of amides is 3. The van der Waals surface area contributed by atoms with Crippen LogP contribution in [0.25, 0.3) is 0 Å². The Labute approximate surface area is 197 Å². The number of likely N-dealkylation sites (tertiary alicyclic amines) is 2. The third-order valence-electron chi connectivity index (χ3n) is 7.29. The molecule has 33 heavy (non-hydrogen) atoms. The van der Waals surface area contributed by atoms with Gasteiger partial charge in [-0.15, -0.1) is 0 Å². The SMILES string of the molecule is CC[C@H](O)C1CCN(C(=O)C[C@]2(c3ccc(OC)cc3)CC(=O)N(CCC(C)C)C2=O)CC1. The van der Waals surface area contributed by atoms with Crippen LogP contribution in [-0.4, -0.2) is 65.5 Å². The first kappa shape index (κ1) is 25.2. The van der Waals surface area contributed by atoms with Crippen LogP contribution in [0.1, 0.15) is 64.9 Å². The largest absolute Gasteiger partial charge is 0.497 e. The fourth-order valence-corrected chi connectivity index (χ4v) is 5.03. The van der Waals surface area contributed by atoms with Crippen molar-refractivity contribution in [1.82, 2.24) is 9.80 Å². The number of carbonyl (C=O) groups is 3. The summed E-state index contributed by atoms with van der Waals surface area (Å²) in [5, 5.41) is 10.2. The fraction of sp³-hybridized carbons (Fsp3) is 0.654. The number of benzene rings is 1. The van der Waals surface area contributed by atoms with E-state index in [2.05, 4.69) is 13.8 Å². The number of imide groups is 1. The topological polar surface area (TPSA) is 87.2 Å². The molecule has 0 aromatic heterocycles. The van der Waals surface area contributed by atoms with E-state index in [9.17, 15) is 19.5 Å². The van der Waals surface area contributed by atoms with Crippen LogP contribution in [0.3, 0.4) is 0 Å². The predicted octanol–water partition coefficient (Wildman–Crippen LogP) is 3.14. The van der Waals surface area contributed by atoms with Crippen LogP contribution in [0.5, 0.6) is 5.75 Å². The van der Waals surface area contributed by atoms with Gasteiger partial charge in [-0.05, 0) is 55.2 Å². The molecule has 1 aromatic carbocycles. The molecule has 0 bridgehead atoms. The number of nitrogens with zero attached hydrogens (tertiary/aromatic N) is 2. The van der Waals surface area contributed by atoms with Crippen LogP contribution in [0.4, 0.5) is 0 Å². The van der Waals surface area contributed by atoms with Crippen molar-refractivity contribution in [1.29, 1.82) is 0 Å². The lowest BCUT2D eigenvalue weighted by Gasteiger charge is -2.36. The van der Waals surface area contributed by atoms with Gasteiger partial charge >= 0.3 is 0 Å². The predicted molar refractivity (Wildman–Crippen MR) is 126 cm³/mol. The zero-order valence-electron chi connectivity index (χ0n) is 20.4. The number of carbonyl (C=O) groups excluding carboxylic acids is 3. The molecular formula is C26H38N2O5. The first-order valence-electron chi connectivity index (χ1n) is 12.2. The van der Waals surface area contributed by atoms with E-state index in [0.29, 0.717) is 43.3 Å². The monoisotopic (exact) mass is 458 g/mol. The Bertz CT molecular complexity index is 845. The van der Waals surface area contributed by atoms with Crippen LogP contribution in [0, 0.1) is 11.8 Å². The molecule has 2 aliphatic heterocycles. The second-order valence-electron chi connectivity index (χ2n) is 9.89. The highest BCUT2D eigenvalue weighted by Crippen LogP contribution is 2.41. The summed E-state index contributed by atoms with van der Waals surface area (Å²) >= 11 is 0. The Morgan fingerprint density at radius 2 is 1.82 bits per heavy atom. The molecule has 1 aromatic rings. The first-order chi connectivity index (χ1) is 15.7. The summed E-state index contributed by atoms with van der Waals surface area (Å²) in [5.41, 5.74) is -0.504. The van der Waals surface area contributed by atoms with E-state index in [1.165, 1.54) is 4.90 Å². The van der Waals surface area contributed by atoms with E-state index in [4.69, 9.17) is 4.74 Å². The third-order valence-corrected chi connectivity index (χ3v) is 7.29. The Morgan fingerprint density at radius 1 is 1.18 bits per heavy atom. The van der Waals surface area contributed by atoms with Gasteiger partial charge in [-0.25, -0.2) is 0 Å². The molecule has 2 saturated heterocycles. The highest BCUT2D eigenvalue weighted by Gasteiger charge is 2.54. The molecule has 7 heteroatoms. The lowest BCUT2D eigenvalue weighted by atomic mass is 9.75. The zero-order chi connectivity index (χ0) is 24.2. The molecule has 182 valence electrons. The van der Waals surface area contributed by atoms with Gasteiger partial charge in [0, 0.05) is 32.5 Å². The van der Waals surface area contributed by atoms with Crippen LogP contribution in [-0.2, 0) is 19.8 Å². The molecule has 3 amide bonds. The summed E-state index contributed by atoms with van der Waals surface area (Å²) in [4.78, 5) is 43.1. The molecule has 0 spiro atoms. The molecule has 7 nitrogen and oxygen atoms in total. The van der Waals surface area contributed by atoms with E-state index >= 15 is 0 Å². The molecule has 2 atom stereocenters. The summed E-state index contributed by atoms with van der Waals surface area (Å²) in [7, 11) is 1.57. The van der Waals surface area contributed by atoms with Gasteiger partial charge < -0.3 is 14.7 Å². The smallest absolute Gasteiger partial charge is 0.240 e. The molecule has 3 rings (SSSR count). The number of rotatable bonds is 9. The number of aliphatic hydroxyl groups excluding tert-OH is 1. The Hall–Kier alpha value is -2.41. The van der Waals surface area contributed by atoms with Crippen LogP contribution in [0.15, 0.2) is 24.3 Å². The number of ether oxygens (including phenoxy) is 1. The van der Waals surface area contributed by atoms with Gasteiger partial charge in [0.1, 0.15) is 5.75 Å². The van der Waals surface area contributed by atoms with Crippen molar-refractivity contribution >= 4 is 17.7 Å². The highest BCUT2D eigenvalue weighted by atomic mass is 16.5. The Kier molecular flexibility index (Phi) is 8.16. The lowest BCUT2D eigenvalue weighted by molar-refractivity contribution is -0.143. The van der Waals surface area contributed by atoms with Gasteiger partial charge in [0.2, 0.25) is 17.7 Å². The summed E-state index contributed by atoms with van der Waals surface area (Å²) in [6.45, 7) is 7.60. The van der Waals surface area contributed by atoms with Crippen molar-refractivity contribution in [3.05, 3.63) is 29.8 Å². The number of hydrogen-bond acceptors (Lipinski definition) is 5. The molecule has 2 aliphatic rings. The maximum Gasteiger partial charge on any atom is 0.240 e. The second-order valence-corrected chi connectivity index (χ2v) is 9.89. The van der Waals surface area contributed by atoms with Gasteiger partial charge in [0.25, 0.3) is 0 Å². The molecule has 2 heterocycles. The van der Waals surface area contributed by atoms with E-state index in [1.807, 2.05) is 6.92 Å². The molecule has 0 aliphatic carbocycles.